The smallest absolute Gasteiger partial charge is 0.209 e. The van der Waals surface area contributed by atoms with Crippen molar-refractivity contribution in [3.05, 3.63) is 53.6 Å². The number of methoxy groups -OCH3 is 1. The third-order valence-corrected chi connectivity index (χ3v) is 7.37. The summed E-state index contributed by atoms with van der Waals surface area (Å²) in [7, 11) is 1.73. The number of terminal acetylenes is 4. The fourth-order valence-electron chi connectivity index (χ4n) is 5.18. The summed E-state index contributed by atoms with van der Waals surface area (Å²) in [4.78, 5) is 11.9. The Labute approximate surface area is 277 Å². The van der Waals surface area contributed by atoms with Crippen LogP contribution < -0.4 is 10.1 Å². The molecular formula is C40H61N2O3+. The normalized spacial score (nSPS) is 16.9. The number of nitrogens with two attached hydrogens (primary N) is 1. The molecule has 248 valence electrons. The van der Waals surface area contributed by atoms with E-state index < -0.39 is 0 Å². The third-order valence-electron chi connectivity index (χ3n) is 7.37. The number of piperidine rings is 1. The first-order valence-electron chi connectivity index (χ1n) is 16.2. The van der Waals surface area contributed by atoms with Crippen LogP contribution in [0.3, 0.4) is 0 Å². The first kappa shape index (κ1) is 45.6. The molecule has 0 spiro atoms. The molecular weight excluding hydrogens is 556 g/mol. The van der Waals surface area contributed by atoms with E-state index >= 15 is 0 Å². The van der Waals surface area contributed by atoms with E-state index in [4.69, 9.17) is 9.47 Å². The number of hydrogen-bond donors (Lipinski definition) is 1. The summed E-state index contributed by atoms with van der Waals surface area (Å²) in [6.07, 6.45) is 57.9. The van der Waals surface area contributed by atoms with Crippen LogP contribution in [0.25, 0.3) is 0 Å². The SMILES string of the molecule is C#C.C#C.C#C.C#C.C1=CCCC=C1.C1CCCCC1.CCOCc1c(OC)cccc1[C@H]1CC[NH2+]C1.O=CN1CCCCC1. The molecule has 2 N–H and O–H groups in total. The first-order valence-corrected chi connectivity index (χ1v) is 16.2. The molecule has 2 saturated heterocycles. The zero-order valence-corrected chi connectivity index (χ0v) is 28.3. The van der Waals surface area contributed by atoms with Gasteiger partial charge in [0.15, 0.2) is 0 Å². The molecule has 45 heavy (non-hydrogen) atoms. The average molecular weight is 618 g/mol. The van der Waals surface area contributed by atoms with Crippen molar-refractivity contribution in [2.24, 2.45) is 0 Å². The summed E-state index contributed by atoms with van der Waals surface area (Å²) in [6.45, 7) is 7.80. The minimum absolute atomic E-state index is 0.653. The van der Waals surface area contributed by atoms with Gasteiger partial charge in [0.1, 0.15) is 5.75 Å². The molecule has 4 aliphatic rings. The Balaban J connectivity index is -0.000000529. The van der Waals surface area contributed by atoms with Crippen molar-refractivity contribution < 1.29 is 19.6 Å². The van der Waals surface area contributed by atoms with Crippen LogP contribution >= 0.6 is 0 Å². The van der Waals surface area contributed by atoms with Crippen LogP contribution in [0.2, 0.25) is 0 Å². The summed E-state index contributed by atoms with van der Waals surface area (Å²) >= 11 is 0. The van der Waals surface area contributed by atoms with Gasteiger partial charge in [-0.2, -0.15) is 0 Å². The number of benzene rings is 1. The Bertz CT molecular complexity index is 878. The van der Waals surface area contributed by atoms with E-state index in [0.717, 1.165) is 31.9 Å². The lowest BCUT2D eigenvalue weighted by Gasteiger charge is -2.21. The van der Waals surface area contributed by atoms with Crippen LogP contribution in [0, 0.1) is 51.4 Å². The van der Waals surface area contributed by atoms with Crippen molar-refractivity contribution in [1.29, 1.82) is 0 Å². The van der Waals surface area contributed by atoms with Gasteiger partial charge in [0.2, 0.25) is 6.41 Å². The largest absolute Gasteiger partial charge is 0.496 e. The Hall–Kier alpha value is -3.87. The van der Waals surface area contributed by atoms with E-state index in [1.54, 1.807) is 7.11 Å². The molecule has 5 heteroatoms. The zero-order valence-electron chi connectivity index (χ0n) is 28.3. The number of quaternary nitrogens is 1. The van der Waals surface area contributed by atoms with Crippen molar-refractivity contribution in [1.82, 2.24) is 4.90 Å². The van der Waals surface area contributed by atoms with Crippen molar-refractivity contribution in [2.75, 3.05) is 39.9 Å². The maximum atomic E-state index is 10.1. The third kappa shape index (κ3) is 24.2. The van der Waals surface area contributed by atoms with Crippen LogP contribution in [-0.4, -0.2) is 51.2 Å². The van der Waals surface area contributed by atoms with Gasteiger partial charge in [-0.3, -0.25) is 4.79 Å². The number of nitrogens with zero attached hydrogens (tertiary/aromatic N) is 1. The minimum Gasteiger partial charge on any atom is -0.496 e. The van der Waals surface area contributed by atoms with Gasteiger partial charge >= 0.3 is 0 Å². The lowest BCUT2D eigenvalue weighted by atomic mass is 9.93. The molecule has 0 aromatic heterocycles. The Morgan fingerprint density at radius 2 is 1.33 bits per heavy atom. The van der Waals surface area contributed by atoms with Crippen LogP contribution in [0.15, 0.2) is 42.5 Å². The molecule has 1 aromatic carbocycles. The van der Waals surface area contributed by atoms with Gasteiger partial charge in [-0.25, -0.2) is 0 Å². The van der Waals surface area contributed by atoms with Crippen LogP contribution in [-0.2, 0) is 16.1 Å². The second-order valence-electron chi connectivity index (χ2n) is 10.2. The van der Waals surface area contributed by atoms with E-state index in [1.165, 1.54) is 101 Å². The van der Waals surface area contributed by atoms with E-state index in [2.05, 4.69) is 93.1 Å². The fraction of sp³-hybridized carbons (Fsp3) is 0.525. The lowest BCUT2D eigenvalue weighted by Crippen LogP contribution is -2.81. The molecule has 0 radical (unpaired) electrons. The van der Waals surface area contributed by atoms with Gasteiger partial charge in [-0.05, 0) is 50.7 Å². The Morgan fingerprint density at radius 3 is 1.69 bits per heavy atom. The van der Waals surface area contributed by atoms with Gasteiger partial charge in [0.05, 0.1) is 26.8 Å². The van der Waals surface area contributed by atoms with Crippen LogP contribution in [0.5, 0.6) is 5.75 Å². The summed E-state index contributed by atoms with van der Waals surface area (Å²) in [5, 5.41) is 2.38. The van der Waals surface area contributed by atoms with E-state index in [-0.39, 0.29) is 0 Å². The van der Waals surface area contributed by atoms with Gasteiger partial charge < -0.3 is 19.7 Å². The highest BCUT2D eigenvalue weighted by Crippen LogP contribution is 2.30. The predicted molar refractivity (Wildman–Crippen MR) is 194 cm³/mol. The number of ether oxygens (including phenoxy) is 2. The number of allylic oxidation sites excluding steroid dienone is 4. The molecule has 1 aromatic rings. The molecule has 2 aliphatic carbocycles. The number of hydrogen-bond acceptors (Lipinski definition) is 3. The zero-order chi connectivity index (χ0) is 34.4. The molecule has 0 unspecified atom stereocenters. The quantitative estimate of drug-likeness (QED) is 0.273. The lowest BCUT2D eigenvalue weighted by molar-refractivity contribution is -0.636. The Morgan fingerprint density at radius 1 is 0.822 bits per heavy atom. The van der Waals surface area contributed by atoms with E-state index in [9.17, 15) is 4.79 Å². The Kier molecular flexibility index (Phi) is 38.6. The molecule has 1 atom stereocenters. The molecule has 5 nitrogen and oxygen atoms in total. The maximum absolute atomic E-state index is 10.1. The maximum Gasteiger partial charge on any atom is 0.209 e. The number of likely N-dealkylation sites (tertiary alicyclic amines) is 1. The monoisotopic (exact) mass is 617 g/mol. The van der Waals surface area contributed by atoms with Gasteiger partial charge in [0.25, 0.3) is 0 Å². The topological polar surface area (TPSA) is 55.4 Å². The number of carbonyl (C=O) groups excluding carboxylic acids is 1. The van der Waals surface area contributed by atoms with Crippen molar-refractivity contribution in [3.8, 4) is 57.1 Å². The number of rotatable bonds is 6. The van der Waals surface area contributed by atoms with Crippen LogP contribution in [0.4, 0.5) is 0 Å². The summed E-state index contributed by atoms with van der Waals surface area (Å²) < 4.78 is 11.0. The minimum atomic E-state index is 0.653. The number of carbonyl (C=O) groups is 1. The standard InChI is InChI=1S/C14H21NO2.C6H11NO.C6H12.C6H8.4C2H2/c1-3-17-10-13-12(11-7-8-15-9-11)5-4-6-14(13)16-2;8-6-7-4-2-1-3-5-7;2*1-2-4-6-5-3-1;4*1-2/h4-6,11,15H,3,7-10H2,1-2H3;6H,1-5H2;1-6H2;1-4H,5-6H2;4*1-2H/p+1/t11-;;;;;;;/m0......./s1. The highest BCUT2D eigenvalue weighted by atomic mass is 16.5. The van der Waals surface area contributed by atoms with Crippen molar-refractivity contribution in [2.45, 2.75) is 96.5 Å². The second kappa shape index (κ2) is 38.2. The van der Waals surface area contributed by atoms with Gasteiger partial charge in [0, 0.05) is 37.6 Å². The van der Waals surface area contributed by atoms with Crippen molar-refractivity contribution >= 4 is 6.41 Å². The molecule has 5 rings (SSSR count). The van der Waals surface area contributed by atoms with E-state index in [0.29, 0.717) is 12.5 Å². The summed E-state index contributed by atoms with van der Waals surface area (Å²) in [6, 6.07) is 6.33. The predicted octanol–water partition coefficient (Wildman–Crippen LogP) is 7.14. The molecule has 0 bridgehead atoms. The molecule has 3 fully saturated rings. The fourth-order valence-corrected chi connectivity index (χ4v) is 5.18. The summed E-state index contributed by atoms with van der Waals surface area (Å²) in [5.74, 6) is 1.61. The molecule has 1 amide bonds. The first-order chi connectivity index (χ1) is 22.3. The van der Waals surface area contributed by atoms with Crippen LogP contribution in [0.1, 0.15) is 101 Å². The average Bonchev–Trinajstić information content (AvgIpc) is 3.72. The highest BCUT2D eigenvalue weighted by molar-refractivity contribution is 5.47. The highest BCUT2D eigenvalue weighted by Gasteiger charge is 2.24. The van der Waals surface area contributed by atoms with E-state index in [1.807, 2.05) is 17.9 Å². The van der Waals surface area contributed by atoms with Crippen molar-refractivity contribution in [3.63, 3.8) is 0 Å². The second-order valence-corrected chi connectivity index (χ2v) is 10.2. The van der Waals surface area contributed by atoms with Gasteiger partial charge in [-0.1, -0.05) is 75.0 Å². The molecule has 1 saturated carbocycles. The number of amides is 1. The summed E-state index contributed by atoms with van der Waals surface area (Å²) in [5.41, 5.74) is 2.64. The van der Waals surface area contributed by atoms with Gasteiger partial charge in [-0.15, -0.1) is 51.4 Å². The molecule has 2 aliphatic heterocycles. The molecule has 2 heterocycles.